The molecule has 0 amide bonds. The average Bonchev–Trinajstić information content (AvgIpc) is 2.87. The van der Waals surface area contributed by atoms with E-state index in [1.54, 1.807) is 6.92 Å². The van der Waals surface area contributed by atoms with Crippen LogP contribution in [0.25, 0.3) is 0 Å². The molecule has 2 aromatic rings. The minimum Gasteiger partial charge on any atom is -0.457 e. The maximum atomic E-state index is 9.47. The van der Waals surface area contributed by atoms with Crippen LogP contribution in [0.1, 0.15) is 36.1 Å². The third-order valence-corrected chi connectivity index (χ3v) is 3.67. The van der Waals surface area contributed by atoms with Crippen LogP contribution in [0.2, 0.25) is 0 Å². The van der Waals surface area contributed by atoms with Crippen molar-refractivity contribution < 1.29 is 9.84 Å². The van der Waals surface area contributed by atoms with E-state index in [1.807, 2.05) is 30.3 Å². The van der Waals surface area contributed by atoms with Crippen LogP contribution in [0, 0.1) is 0 Å². The quantitative estimate of drug-likeness (QED) is 0.896. The molecule has 3 rings (SSSR count). The average molecular weight is 254 g/mol. The maximum Gasteiger partial charge on any atom is 0.127 e. The van der Waals surface area contributed by atoms with E-state index in [-0.39, 0.29) is 0 Å². The van der Waals surface area contributed by atoms with Gasteiger partial charge in [0.2, 0.25) is 0 Å². The molecule has 1 atom stereocenters. The number of hydrogen-bond donors (Lipinski definition) is 1. The van der Waals surface area contributed by atoms with Gasteiger partial charge in [-0.05, 0) is 67.1 Å². The van der Waals surface area contributed by atoms with Gasteiger partial charge in [-0.3, -0.25) is 0 Å². The lowest BCUT2D eigenvalue weighted by Crippen LogP contribution is -1.91. The van der Waals surface area contributed by atoms with Crippen molar-refractivity contribution in [1.29, 1.82) is 0 Å². The Morgan fingerprint density at radius 2 is 1.63 bits per heavy atom. The van der Waals surface area contributed by atoms with Gasteiger partial charge in [-0.15, -0.1) is 0 Å². The molecule has 2 aromatic carbocycles. The monoisotopic (exact) mass is 254 g/mol. The predicted molar refractivity (Wildman–Crippen MR) is 75.6 cm³/mol. The summed E-state index contributed by atoms with van der Waals surface area (Å²) in [4.78, 5) is 0. The van der Waals surface area contributed by atoms with E-state index in [0.717, 1.165) is 23.5 Å². The molecule has 0 bridgehead atoms. The highest BCUT2D eigenvalue weighted by Gasteiger charge is 2.11. The fourth-order valence-electron chi connectivity index (χ4n) is 2.56. The van der Waals surface area contributed by atoms with Gasteiger partial charge in [-0.1, -0.05) is 18.2 Å². The summed E-state index contributed by atoms with van der Waals surface area (Å²) >= 11 is 0. The lowest BCUT2D eigenvalue weighted by Gasteiger charge is -2.09. The molecule has 0 saturated heterocycles. The lowest BCUT2D eigenvalue weighted by atomic mass is 10.1. The van der Waals surface area contributed by atoms with Gasteiger partial charge in [0.15, 0.2) is 0 Å². The normalized spacial score (nSPS) is 15.1. The molecular weight excluding hydrogens is 236 g/mol. The van der Waals surface area contributed by atoms with Gasteiger partial charge < -0.3 is 9.84 Å². The van der Waals surface area contributed by atoms with Gasteiger partial charge in [-0.2, -0.15) is 0 Å². The summed E-state index contributed by atoms with van der Waals surface area (Å²) < 4.78 is 5.86. The minimum absolute atomic E-state index is 0.436. The van der Waals surface area contributed by atoms with E-state index in [4.69, 9.17) is 4.74 Å². The molecule has 1 aliphatic rings. The highest BCUT2D eigenvalue weighted by Crippen LogP contribution is 2.29. The van der Waals surface area contributed by atoms with Crippen molar-refractivity contribution in [3.05, 3.63) is 59.2 Å². The Labute approximate surface area is 113 Å². The molecule has 0 aliphatic heterocycles. The van der Waals surface area contributed by atoms with E-state index in [9.17, 15) is 5.11 Å². The van der Waals surface area contributed by atoms with E-state index >= 15 is 0 Å². The maximum absolute atomic E-state index is 9.47. The third-order valence-electron chi connectivity index (χ3n) is 3.67. The number of hydrogen-bond acceptors (Lipinski definition) is 2. The molecule has 2 heteroatoms. The summed E-state index contributed by atoms with van der Waals surface area (Å²) in [5.41, 5.74) is 3.77. The minimum atomic E-state index is -0.436. The Bertz CT molecular complexity index is 570. The molecule has 1 aliphatic carbocycles. The van der Waals surface area contributed by atoms with E-state index in [2.05, 4.69) is 12.1 Å². The molecule has 19 heavy (non-hydrogen) atoms. The first-order valence-electron chi connectivity index (χ1n) is 6.80. The van der Waals surface area contributed by atoms with Gasteiger partial charge in [0, 0.05) is 0 Å². The summed E-state index contributed by atoms with van der Waals surface area (Å²) in [5.74, 6) is 1.70. The Kier molecular flexibility index (Phi) is 3.26. The van der Waals surface area contributed by atoms with Crippen molar-refractivity contribution in [2.24, 2.45) is 0 Å². The Morgan fingerprint density at radius 3 is 2.37 bits per heavy atom. The topological polar surface area (TPSA) is 29.5 Å². The first-order valence-corrected chi connectivity index (χ1v) is 6.80. The molecule has 2 nitrogen and oxygen atoms in total. The summed E-state index contributed by atoms with van der Waals surface area (Å²) in [5, 5.41) is 9.47. The van der Waals surface area contributed by atoms with Gasteiger partial charge in [-0.25, -0.2) is 0 Å². The first-order chi connectivity index (χ1) is 9.22. The van der Waals surface area contributed by atoms with Gasteiger partial charge >= 0.3 is 0 Å². The van der Waals surface area contributed by atoms with E-state index in [0.29, 0.717) is 0 Å². The summed E-state index contributed by atoms with van der Waals surface area (Å²) in [6.45, 7) is 1.76. The second kappa shape index (κ2) is 5.06. The fraction of sp³-hybridized carbons (Fsp3) is 0.294. The van der Waals surface area contributed by atoms with Crippen molar-refractivity contribution in [1.82, 2.24) is 0 Å². The Balaban J connectivity index is 1.77. The van der Waals surface area contributed by atoms with Crippen LogP contribution in [0.4, 0.5) is 0 Å². The second-order valence-corrected chi connectivity index (χ2v) is 5.13. The molecule has 0 spiro atoms. The summed E-state index contributed by atoms with van der Waals surface area (Å²) in [6.07, 6.45) is 3.17. The zero-order valence-electron chi connectivity index (χ0n) is 11.1. The molecule has 0 saturated carbocycles. The zero-order chi connectivity index (χ0) is 13.2. The zero-order valence-corrected chi connectivity index (χ0v) is 11.1. The highest BCUT2D eigenvalue weighted by molar-refractivity contribution is 5.41. The summed E-state index contributed by atoms with van der Waals surface area (Å²) in [7, 11) is 0. The molecular formula is C17H18O2. The third kappa shape index (κ3) is 2.64. The number of aryl methyl sites for hydroxylation is 2. The van der Waals surface area contributed by atoms with Gasteiger partial charge in [0.1, 0.15) is 11.5 Å². The smallest absolute Gasteiger partial charge is 0.127 e. The molecule has 0 unspecified atom stereocenters. The number of fused-ring (bicyclic) bond motifs is 1. The predicted octanol–water partition coefficient (Wildman–Crippen LogP) is 4.02. The second-order valence-electron chi connectivity index (χ2n) is 5.13. The van der Waals surface area contributed by atoms with Gasteiger partial charge in [0.05, 0.1) is 6.10 Å². The number of aliphatic hydroxyl groups excluding tert-OH is 1. The fourth-order valence-corrected chi connectivity index (χ4v) is 2.56. The SMILES string of the molecule is C[C@@H](O)c1ccc(Oc2ccc3c(c2)CCC3)cc1. The summed E-state index contributed by atoms with van der Waals surface area (Å²) in [6, 6.07) is 13.9. The van der Waals surface area contributed by atoms with Crippen LogP contribution in [0.5, 0.6) is 11.5 Å². The molecule has 0 aromatic heterocycles. The van der Waals surface area contributed by atoms with Crippen molar-refractivity contribution >= 4 is 0 Å². The van der Waals surface area contributed by atoms with Crippen LogP contribution in [0.3, 0.4) is 0 Å². The van der Waals surface area contributed by atoms with Crippen LogP contribution >= 0.6 is 0 Å². The van der Waals surface area contributed by atoms with Crippen LogP contribution in [-0.4, -0.2) is 5.11 Å². The first kappa shape index (κ1) is 12.2. The number of aliphatic hydroxyl groups is 1. The van der Waals surface area contributed by atoms with E-state index in [1.165, 1.54) is 24.0 Å². The van der Waals surface area contributed by atoms with Crippen molar-refractivity contribution in [3.63, 3.8) is 0 Å². The van der Waals surface area contributed by atoms with Crippen molar-refractivity contribution in [2.75, 3.05) is 0 Å². The largest absolute Gasteiger partial charge is 0.457 e. The van der Waals surface area contributed by atoms with Crippen LogP contribution in [-0.2, 0) is 12.8 Å². The highest BCUT2D eigenvalue weighted by atomic mass is 16.5. The molecule has 0 radical (unpaired) electrons. The Morgan fingerprint density at radius 1 is 0.947 bits per heavy atom. The number of rotatable bonds is 3. The van der Waals surface area contributed by atoms with Crippen molar-refractivity contribution in [2.45, 2.75) is 32.3 Å². The van der Waals surface area contributed by atoms with Crippen LogP contribution < -0.4 is 4.74 Å². The molecule has 0 fully saturated rings. The Hall–Kier alpha value is -1.80. The van der Waals surface area contributed by atoms with Crippen LogP contribution in [0.15, 0.2) is 42.5 Å². The number of benzene rings is 2. The van der Waals surface area contributed by atoms with Crippen molar-refractivity contribution in [3.8, 4) is 11.5 Å². The number of ether oxygens (including phenoxy) is 1. The van der Waals surface area contributed by atoms with Gasteiger partial charge in [0.25, 0.3) is 0 Å². The standard InChI is InChI=1S/C17H18O2/c1-12(18)13-5-8-16(9-6-13)19-17-10-7-14-3-2-4-15(14)11-17/h5-12,18H,2-4H2,1H3/t12-/m1/s1. The molecule has 98 valence electrons. The molecule has 0 heterocycles. The lowest BCUT2D eigenvalue weighted by molar-refractivity contribution is 0.199. The van der Waals surface area contributed by atoms with E-state index < -0.39 is 6.10 Å². The molecule has 1 N–H and O–H groups in total.